The molecule has 0 bridgehead atoms. The molecule has 1 aromatic heterocycles. The van der Waals surface area contributed by atoms with E-state index in [1.54, 1.807) is 7.11 Å². The highest BCUT2D eigenvalue weighted by molar-refractivity contribution is 6.06. The third-order valence-electron chi connectivity index (χ3n) is 5.52. The van der Waals surface area contributed by atoms with Crippen molar-refractivity contribution in [2.75, 3.05) is 31.6 Å². The fraction of sp³-hybridized carbons (Fsp3) is 0.500. The van der Waals surface area contributed by atoms with Gasteiger partial charge in [0, 0.05) is 24.5 Å². The van der Waals surface area contributed by atoms with Crippen molar-refractivity contribution in [2.45, 2.75) is 32.1 Å². The van der Waals surface area contributed by atoms with E-state index in [-0.39, 0.29) is 5.91 Å². The number of hydrogen-bond donors (Lipinski definition) is 1. The van der Waals surface area contributed by atoms with Crippen LogP contribution in [-0.4, -0.2) is 37.6 Å². The van der Waals surface area contributed by atoms with Crippen LogP contribution in [0.2, 0.25) is 0 Å². The average molecular weight is 339 g/mol. The van der Waals surface area contributed by atoms with Crippen LogP contribution in [0, 0.1) is 5.92 Å². The molecule has 5 nitrogen and oxygen atoms in total. The molecule has 2 aliphatic heterocycles. The fourth-order valence-corrected chi connectivity index (χ4v) is 4.05. The Hall–Kier alpha value is -2.14. The number of carbonyl (C=O) groups excluding carboxylic acids is 1. The summed E-state index contributed by atoms with van der Waals surface area (Å²) in [7, 11) is 1.67. The molecule has 132 valence electrons. The van der Waals surface area contributed by atoms with Crippen LogP contribution < -0.4 is 15.0 Å². The van der Waals surface area contributed by atoms with Crippen LogP contribution in [0.1, 0.15) is 31.2 Å². The Morgan fingerprint density at radius 1 is 1.28 bits per heavy atom. The second-order valence-electron chi connectivity index (χ2n) is 7.04. The molecule has 0 aliphatic carbocycles. The average Bonchev–Trinajstić information content (AvgIpc) is 2.67. The van der Waals surface area contributed by atoms with Gasteiger partial charge >= 0.3 is 0 Å². The topological polar surface area (TPSA) is 54.5 Å². The molecule has 1 N–H and O–H groups in total. The van der Waals surface area contributed by atoms with E-state index < -0.39 is 0 Å². The molecule has 0 unspecified atom stereocenters. The number of amides is 1. The highest BCUT2D eigenvalue weighted by Gasteiger charge is 2.27. The minimum absolute atomic E-state index is 0.233. The van der Waals surface area contributed by atoms with Crippen molar-refractivity contribution in [1.29, 1.82) is 0 Å². The summed E-state index contributed by atoms with van der Waals surface area (Å²) in [5.74, 6) is 1.75. The van der Waals surface area contributed by atoms with Crippen LogP contribution in [0.25, 0.3) is 10.9 Å². The number of nitrogens with one attached hydrogen (secondary N) is 1. The lowest BCUT2D eigenvalue weighted by molar-refractivity contribution is -0.118. The number of nitrogens with zero attached hydrogens (tertiary/aromatic N) is 2. The second kappa shape index (κ2) is 7.00. The summed E-state index contributed by atoms with van der Waals surface area (Å²) in [4.78, 5) is 19.3. The first-order valence-corrected chi connectivity index (χ1v) is 9.23. The van der Waals surface area contributed by atoms with Crippen LogP contribution in [0.4, 0.5) is 5.69 Å². The second-order valence-corrected chi connectivity index (χ2v) is 7.04. The third-order valence-corrected chi connectivity index (χ3v) is 5.52. The third kappa shape index (κ3) is 3.21. The van der Waals surface area contributed by atoms with Gasteiger partial charge in [0.2, 0.25) is 5.91 Å². The van der Waals surface area contributed by atoms with Crippen LogP contribution in [-0.2, 0) is 11.2 Å². The van der Waals surface area contributed by atoms with Gasteiger partial charge in [-0.15, -0.1) is 0 Å². The molecule has 4 rings (SSSR count). The summed E-state index contributed by atoms with van der Waals surface area (Å²) < 4.78 is 5.39. The van der Waals surface area contributed by atoms with Gasteiger partial charge in [-0.1, -0.05) is 0 Å². The number of ether oxygens (including phenoxy) is 1. The molecule has 2 aliphatic rings. The zero-order chi connectivity index (χ0) is 17.2. The van der Waals surface area contributed by atoms with E-state index in [1.165, 1.54) is 18.4 Å². The Kier molecular flexibility index (Phi) is 4.57. The van der Waals surface area contributed by atoms with Crippen molar-refractivity contribution in [3.8, 4) is 5.75 Å². The number of aryl methyl sites for hydroxylation is 1. The summed E-state index contributed by atoms with van der Waals surface area (Å²) in [5, 5.41) is 4.43. The smallest absolute Gasteiger partial charge is 0.227 e. The monoisotopic (exact) mass is 339 g/mol. The molecule has 5 heteroatoms. The zero-order valence-electron chi connectivity index (χ0n) is 14.8. The minimum Gasteiger partial charge on any atom is -0.497 e. The first kappa shape index (κ1) is 16.3. The lowest BCUT2D eigenvalue weighted by Gasteiger charge is -2.32. The van der Waals surface area contributed by atoms with Crippen LogP contribution >= 0.6 is 0 Å². The van der Waals surface area contributed by atoms with Gasteiger partial charge in [-0.05, 0) is 68.5 Å². The molecule has 0 radical (unpaired) electrons. The summed E-state index contributed by atoms with van der Waals surface area (Å²) in [6.45, 7) is 2.99. The van der Waals surface area contributed by atoms with Gasteiger partial charge in [-0.3, -0.25) is 9.78 Å². The first-order valence-electron chi connectivity index (χ1n) is 9.23. The van der Waals surface area contributed by atoms with E-state index in [2.05, 4.69) is 10.3 Å². The van der Waals surface area contributed by atoms with Gasteiger partial charge in [0.05, 0.1) is 18.3 Å². The van der Waals surface area contributed by atoms with Gasteiger partial charge in [-0.2, -0.15) is 0 Å². The van der Waals surface area contributed by atoms with Crippen molar-refractivity contribution < 1.29 is 9.53 Å². The molecule has 0 spiro atoms. The number of anilines is 1. The van der Waals surface area contributed by atoms with E-state index >= 15 is 0 Å². The number of carbonyl (C=O) groups is 1. The van der Waals surface area contributed by atoms with Crippen molar-refractivity contribution >= 4 is 22.5 Å². The summed E-state index contributed by atoms with van der Waals surface area (Å²) in [6.07, 6.45) is 6.78. The number of fused-ring (bicyclic) bond motifs is 3. The summed E-state index contributed by atoms with van der Waals surface area (Å²) in [5.41, 5.74) is 3.14. The molecule has 1 saturated heterocycles. The Morgan fingerprint density at radius 3 is 2.92 bits per heavy atom. The Bertz CT molecular complexity index is 779. The largest absolute Gasteiger partial charge is 0.497 e. The van der Waals surface area contributed by atoms with E-state index in [1.807, 2.05) is 29.3 Å². The standard InChI is InChI=1S/C20H25N3O2/c1-25-16-3-4-18-17(12-16)20-15(13-22-18)2-5-19(24)23(20)11-8-14-6-9-21-10-7-14/h3-4,12-14,21H,2,5-11H2,1H3. The minimum atomic E-state index is 0.233. The van der Waals surface area contributed by atoms with Gasteiger partial charge in [0.15, 0.2) is 0 Å². The van der Waals surface area contributed by atoms with Crippen molar-refractivity contribution in [2.24, 2.45) is 5.92 Å². The van der Waals surface area contributed by atoms with E-state index in [0.717, 1.165) is 54.8 Å². The van der Waals surface area contributed by atoms with Gasteiger partial charge in [0.1, 0.15) is 5.75 Å². The van der Waals surface area contributed by atoms with Crippen molar-refractivity contribution in [3.05, 3.63) is 30.0 Å². The van der Waals surface area contributed by atoms with Crippen LogP contribution in [0.15, 0.2) is 24.4 Å². The maximum absolute atomic E-state index is 12.7. The first-order chi connectivity index (χ1) is 12.3. The molecule has 25 heavy (non-hydrogen) atoms. The number of pyridine rings is 1. The molecule has 0 atom stereocenters. The molecule has 3 heterocycles. The number of methoxy groups -OCH3 is 1. The zero-order valence-corrected chi connectivity index (χ0v) is 14.8. The number of piperidine rings is 1. The number of rotatable bonds is 4. The highest BCUT2D eigenvalue weighted by Crippen LogP contribution is 2.36. The van der Waals surface area contributed by atoms with Crippen molar-refractivity contribution in [1.82, 2.24) is 10.3 Å². The van der Waals surface area contributed by atoms with Gasteiger partial charge in [-0.25, -0.2) is 0 Å². The van der Waals surface area contributed by atoms with Crippen molar-refractivity contribution in [3.63, 3.8) is 0 Å². The quantitative estimate of drug-likeness (QED) is 0.930. The molecular weight excluding hydrogens is 314 g/mol. The number of benzene rings is 1. The SMILES string of the molecule is COc1ccc2ncc3c(c2c1)N(CCC1CCNCC1)C(=O)CC3. The van der Waals surface area contributed by atoms with E-state index in [4.69, 9.17) is 4.74 Å². The predicted molar refractivity (Wildman–Crippen MR) is 99.2 cm³/mol. The fourth-order valence-electron chi connectivity index (χ4n) is 4.05. The maximum Gasteiger partial charge on any atom is 0.227 e. The maximum atomic E-state index is 12.7. The lowest BCUT2D eigenvalue weighted by atomic mass is 9.93. The summed E-state index contributed by atoms with van der Waals surface area (Å²) in [6, 6.07) is 5.90. The van der Waals surface area contributed by atoms with Crippen LogP contribution in [0.5, 0.6) is 5.75 Å². The van der Waals surface area contributed by atoms with Crippen LogP contribution in [0.3, 0.4) is 0 Å². The molecule has 1 fully saturated rings. The van der Waals surface area contributed by atoms with E-state index in [9.17, 15) is 4.79 Å². The Morgan fingerprint density at radius 2 is 2.12 bits per heavy atom. The molecular formula is C20H25N3O2. The Labute approximate surface area is 148 Å². The number of hydrogen-bond acceptors (Lipinski definition) is 4. The number of aromatic nitrogens is 1. The lowest BCUT2D eigenvalue weighted by Crippen LogP contribution is -2.38. The predicted octanol–water partition coefficient (Wildman–Crippen LogP) is 2.91. The molecule has 0 saturated carbocycles. The van der Waals surface area contributed by atoms with Gasteiger partial charge < -0.3 is 15.0 Å². The molecule has 2 aromatic rings. The normalized spacial score (nSPS) is 18.4. The molecule has 1 amide bonds. The Balaban J connectivity index is 1.68. The molecule has 1 aromatic carbocycles. The highest BCUT2D eigenvalue weighted by atomic mass is 16.5. The van der Waals surface area contributed by atoms with E-state index in [0.29, 0.717) is 12.3 Å². The van der Waals surface area contributed by atoms with Gasteiger partial charge in [0.25, 0.3) is 0 Å². The summed E-state index contributed by atoms with van der Waals surface area (Å²) >= 11 is 0.